The molecule has 1 atom stereocenters. The molecule has 0 aliphatic heterocycles. The first-order chi connectivity index (χ1) is 10.6. The van der Waals surface area contributed by atoms with E-state index in [2.05, 4.69) is 10.6 Å². The summed E-state index contributed by atoms with van der Waals surface area (Å²) in [5.74, 6) is 0.229. The average Bonchev–Trinajstić information content (AvgIpc) is 2.84. The number of hydrogen-bond acceptors (Lipinski definition) is 6. The summed E-state index contributed by atoms with van der Waals surface area (Å²) in [6.07, 6.45) is -0.440. The number of carbonyl (C=O) groups excluding carboxylic acids is 1. The monoisotopic (exact) mass is 343 g/mol. The van der Waals surface area contributed by atoms with Gasteiger partial charge in [-0.15, -0.1) is 0 Å². The van der Waals surface area contributed by atoms with Gasteiger partial charge in [0.25, 0.3) is 0 Å². The molecule has 1 rings (SSSR count). The van der Waals surface area contributed by atoms with E-state index in [0.717, 1.165) is 16.2 Å². The Kier molecular flexibility index (Phi) is 6.96. The van der Waals surface area contributed by atoms with E-state index in [0.29, 0.717) is 13.1 Å². The second-order valence-corrected chi connectivity index (χ2v) is 7.77. The number of hydrogen-bond donors (Lipinski definition) is 2. The van der Waals surface area contributed by atoms with Crippen molar-refractivity contribution in [3.63, 3.8) is 0 Å². The Morgan fingerprint density at radius 2 is 2.04 bits per heavy atom. The van der Waals surface area contributed by atoms with Crippen molar-refractivity contribution >= 4 is 22.4 Å². The molecule has 1 unspecified atom stereocenters. The number of nitro groups is 1. The number of amides is 1. The Morgan fingerprint density at radius 3 is 2.52 bits per heavy atom. The first-order valence-electron chi connectivity index (χ1n) is 7.52. The topological polar surface area (TPSA) is 93.5 Å². The third-order valence-electron chi connectivity index (χ3n) is 3.00. The van der Waals surface area contributed by atoms with Gasteiger partial charge >= 0.3 is 11.1 Å². The van der Waals surface area contributed by atoms with Gasteiger partial charge in [-0.2, -0.15) is 0 Å². The number of nitrogens with one attached hydrogen (secondary N) is 2. The van der Waals surface area contributed by atoms with Crippen molar-refractivity contribution in [1.82, 2.24) is 10.6 Å². The molecule has 2 N–H and O–H groups in total. The summed E-state index contributed by atoms with van der Waals surface area (Å²) in [5, 5.41) is 16.9. The molecule has 7 nitrogen and oxygen atoms in total. The minimum absolute atomic E-state index is 0.0835. The van der Waals surface area contributed by atoms with Crippen LogP contribution in [-0.4, -0.2) is 29.2 Å². The van der Waals surface area contributed by atoms with Crippen LogP contribution in [0.2, 0.25) is 0 Å². The maximum Gasteiger partial charge on any atom is 0.407 e. The maximum atomic E-state index is 11.9. The molecule has 0 radical (unpaired) electrons. The zero-order chi connectivity index (χ0) is 17.6. The van der Waals surface area contributed by atoms with Gasteiger partial charge in [0.05, 0.1) is 4.92 Å². The van der Waals surface area contributed by atoms with Crippen molar-refractivity contribution in [1.29, 1.82) is 0 Å². The lowest BCUT2D eigenvalue weighted by Crippen LogP contribution is -2.46. The highest BCUT2D eigenvalue weighted by molar-refractivity contribution is 7.15. The zero-order valence-electron chi connectivity index (χ0n) is 14.2. The standard InChI is InChI=1S/C15H25N3O4S/c1-10(2)12(17-14(19)22-15(3,4)5)9-16-8-11-6-7-13(23-11)18(20)21/h6-7,10,12,16H,8-9H2,1-5H3,(H,17,19). The number of alkyl carbamates (subject to hydrolysis) is 1. The molecule has 1 aromatic rings. The normalized spacial score (nSPS) is 13.0. The van der Waals surface area contributed by atoms with Crippen LogP contribution in [0, 0.1) is 16.0 Å². The van der Waals surface area contributed by atoms with Gasteiger partial charge in [0.2, 0.25) is 0 Å². The van der Waals surface area contributed by atoms with Gasteiger partial charge in [-0.05, 0) is 32.8 Å². The van der Waals surface area contributed by atoms with Crippen LogP contribution >= 0.6 is 11.3 Å². The van der Waals surface area contributed by atoms with E-state index in [4.69, 9.17) is 4.74 Å². The van der Waals surface area contributed by atoms with Gasteiger partial charge in [-0.3, -0.25) is 10.1 Å². The van der Waals surface area contributed by atoms with Crippen LogP contribution in [0.25, 0.3) is 0 Å². The molecule has 23 heavy (non-hydrogen) atoms. The molecule has 0 aliphatic rings. The number of ether oxygens (including phenoxy) is 1. The molecule has 0 spiro atoms. The summed E-state index contributed by atoms with van der Waals surface area (Å²) in [6.45, 7) is 10.6. The van der Waals surface area contributed by atoms with Gasteiger partial charge in [-0.1, -0.05) is 25.2 Å². The Labute approximate surface area is 140 Å². The summed E-state index contributed by atoms with van der Waals surface area (Å²) in [6, 6.07) is 3.15. The number of rotatable bonds is 7. The Bertz CT molecular complexity index is 537. The van der Waals surface area contributed by atoms with E-state index in [-0.39, 0.29) is 17.0 Å². The van der Waals surface area contributed by atoms with E-state index in [1.165, 1.54) is 6.07 Å². The minimum Gasteiger partial charge on any atom is -0.444 e. The summed E-state index contributed by atoms with van der Waals surface area (Å²) in [5.41, 5.74) is -0.533. The van der Waals surface area contributed by atoms with Crippen molar-refractivity contribution in [3.05, 3.63) is 27.1 Å². The van der Waals surface area contributed by atoms with E-state index in [9.17, 15) is 14.9 Å². The molecule has 0 saturated heterocycles. The van der Waals surface area contributed by atoms with Crippen LogP contribution in [0.3, 0.4) is 0 Å². The van der Waals surface area contributed by atoms with E-state index in [1.807, 2.05) is 34.6 Å². The van der Waals surface area contributed by atoms with Gasteiger partial charge in [-0.25, -0.2) is 4.79 Å². The van der Waals surface area contributed by atoms with Crippen LogP contribution < -0.4 is 10.6 Å². The summed E-state index contributed by atoms with van der Waals surface area (Å²) in [7, 11) is 0. The third kappa shape index (κ3) is 7.43. The van der Waals surface area contributed by atoms with Crippen LogP contribution in [0.1, 0.15) is 39.5 Å². The first kappa shape index (κ1) is 19.4. The summed E-state index contributed by atoms with van der Waals surface area (Å²) < 4.78 is 5.26. The smallest absolute Gasteiger partial charge is 0.407 e. The fraction of sp³-hybridized carbons (Fsp3) is 0.667. The van der Waals surface area contributed by atoms with Crippen molar-refractivity contribution in [3.8, 4) is 0 Å². The fourth-order valence-electron chi connectivity index (χ4n) is 1.82. The van der Waals surface area contributed by atoms with Crippen LogP contribution in [0.5, 0.6) is 0 Å². The molecule has 1 heterocycles. The predicted molar refractivity (Wildman–Crippen MR) is 90.7 cm³/mol. The lowest BCUT2D eigenvalue weighted by molar-refractivity contribution is -0.380. The van der Waals surface area contributed by atoms with Gasteiger partial charge in [0.1, 0.15) is 5.60 Å². The Hall–Kier alpha value is -1.67. The highest BCUT2D eigenvalue weighted by atomic mass is 32.1. The lowest BCUT2D eigenvalue weighted by Gasteiger charge is -2.26. The Morgan fingerprint density at radius 1 is 1.39 bits per heavy atom. The number of nitrogens with zero attached hydrogens (tertiary/aromatic N) is 1. The van der Waals surface area contributed by atoms with Crippen LogP contribution in [-0.2, 0) is 11.3 Å². The number of thiophene rings is 1. The largest absolute Gasteiger partial charge is 0.444 e. The second-order valence-electron chi connectivity index (χ2n) is 6.62. The van der Waals surface area contributed by atoms with Gasteiger partial charge < -0.3 is 15.4 Å². The highest BCUT2D eigenvalue weighted by Crippen LogP contribution is 2.23. The molecule has 130 valence electrons. The zero-order valence-corrected chi connectivity index (χ0v) is 15.0. The second kappa shape index (κ2) is 8.26. The predicted octanol–water partition coefficient (Wildman–Crippen LogP) is 3.30. The van der Waals surface area contributed by atoms with Crippen molar-refractivity contribution < 1.29 is 14.5 Å². The van der Waals surface area contributed by atoms with Crippen molar-refractivity contribution in [2.75, 3.05) is 6.54 Å². The molecule has 8 heteroatoms. The molecule has 0 bridgehead atoms. The molecule has 1 aromatic heterocycles. The third-order valence-corrected chi connectivity index (χ3v) is 4.03. The highest BCUT2D eigenvalue weighted by Gasteiger charge is 2.21. The first-order valence-corrected chi connectivity index (χ1v) is 8.33. The molecule has 0 fully saturated rings. The molecule has 0 aliphatic carbocycles. The maximum absolute atomic E-state index is 11.9. The van der Waals surface area contributed by atoms with Gasteiger partial charge in [0, 0.05) is 30.1 Å². The summed E-state index contributed by atoms with van der Waals surface area (Å²) >= 11 is 1.15. The quantitative estimate of drug-likeness (QED) is 0.585. The molecule has 1 amide bonds. The van der Waals surface area contributed by atoms with Crippen molar-refractivity contribution in [2.45, 2.75) is 52.8 Å². The van der Waals surface area contributed by atoms with Gasteiger partial charge in [0.15, 0.2) is 0 Å². The molecule has 0 saturated carbocycles. The average molecular weight is 343 g/mol. The summed E-state index contributed by atoms with van der Waals surface area (Å²) in [4.78, 5) is 23.0. The van der Waals surface area contributed by atoms with E-state index in [1.54, 1.807) is 6.07 Å². The minimum atomic E-state index is -0.533. The molecule has 0 aromatic carbocycles. The Balaban J connectivity index is 2.46. The molecular weight excluding hydrogens is 318 g/mol. The van der Waals surface area contributed by atoms with Crippen LogP contribution in [0.15, 0.2) is 12.1 Å². The molecular formula is C15H25N3O4S. The fourth-order valence-corrected chi connectivity index (χ4v) is 2.61. The SMILES string of the molecule is CC(C)C(CNCc1ccc([N+](=O)[O-])s1)NC(=O)OC(C)(C)C. The van der Waals surface area contributed by atoms with E-state index < -0.39 is 16.6 Å². The van der Waals surface area contributed by atoms with E-state index >= 15 is 0 Å². The number of carbonyl (C=O) groups is 1. The van der Waals surface area contributed by atoms with Crippen molar-refractivity contribution in [2.24, 2.45) is 5.92 Å². The lowest BCUT2D eigenvalue weighted by atomic mass is 10.0. The van der Waals surface area contributed by atoms with Crippen LogP contribution in [0.4, 0.5) is 9.80 Å².